The molecule has 1 atom stereocenters. The Morgan fingerprint density at radius 3 is 1.93 bits per heavy atom. The van der Waals surface area contributed by atoms with E-state index in [0.29, 0.717) is 11.3 Å². The van der Waals surface area contributed by atoms with E-state index < -0.39 is 0 Å². The molecule has 0 N–H and O–H groups in total. The number of hydrogen-bond donors (Lipinski definition) is 0. The number of hydrogen-bond acceptors (Lipinski definition) is 0. The standard InChI is InChI=1S/C25H25.C12H19.C3H6.2ClH.Zr/c1-14-12-24(3,4)22-8-16-7-17-9-23-19(15(2)13-25(23,5)6)11-21(17)20(16)10-18(14)22;1-5-6-10-7-8-11(9-10)12(2,3)4;1-3-2;;;/h8-12H,7H2,1-6H3;8-10H,5-6H2,1-4H3;1-2H3;2*1H;/q2*-1;;;;+2/p-2. The van der Waals surface area contributed by atoms with E-state index in [4.69, 9.17) is 0 Å². The van der Waals surface area contributed by atoms with Gasteiger partial charge in [-0.25, -0.2) is 11.6 Å². The Morgan fingerprint density at radius 2 is 1.42 bits per heavy atom. The monoisotopic (exact) mass is 690 g/mol. The van der Waals surface area contributed by atoms with Crippen molar-refractivity contribution in [2.45, 2.75) is 113 Å². The minimum atomic E-state index is 0. The van der Waals surface area contributed by atoms with Crippen molar-refractivity contribution in [3.63, 3.8) is 0 Å². The Balaban J connectivity index is 0.000000304. The molecule has 1 unspecified atom stereocenters. The molecule has 6 rings (SSSR count). The molecule has 0 heterocycles. The zero-order valence-corrected chi connectivity index (χ0v) is 32.5. The van der Waals surface area contributed by atoms with Gasteiger partial charge in [-0.2, -0.15) is 17.2 Å². The molecule has 0 saturated heterocycles. The Morgan fingerprint density at radius 1 is 0.884 bits per heavy atom. The molecule has 0 amide bonds. The van der Waals surface area contributed by atoms with Crippen LogP contribution < -0.4 is 24.8 Å². The fourth-order valence-corrected chi connectivity index (χ4v) is 6.73. The van der Waals surface area contributed by atoms with Crippen LogP contribution in [-0.2, 0) is 41.5 Å². The number of fused-ring (bicyclic) bond motifs is 5. The zero-order chi connectivity index (χ0) is 30.5. The quantitative estimate of drug-likeness (QED) is 0.334. The van der Waals surface area contributed by atoms with Crippen LogP contribution in [0, 0.1) is 23.5 Å². The molecule has 43 heavy (non-hydrogen) atoms. The average Bonchev–Trinajstić information content (AvgIpc) is 3.55. The number of benzene rings is 2. The van der Waals surface area contributed by atoms with Crippen LogP contribution in [0.1, 0.15) is 129 Å². The molecule has 0 aliphatic heterocycles. The third-order valence-electron chi connectivity index (χ3n) is 8.73. The number of rotatable bonds is 2. The molecule has 0 aromatic heterocycles. The molecule has 2 aromatic rings. The average molecular weight is 693 g/mol. The summed E-state index contributed by atoms with van der Waals surface area (Å²) in [5.41, 5.74) is 16.3. The molecular formula is C40H50Cl2Zr-2. The Bertz CT molecular complexity index is 1410. The largest absolute Gasteiger partial charge is 1.00 e. The summed E-state index contributed by atoms with van der Waals surface area (Å²) in [6.45, 7) is 26.9. The SMILES string of the molecule is CC1=[C-]C(C)(C)c2cc3c(cc21)-c1cc2c(cc1C3)C(C)(C)C=C2C.CCCC1[C-]=CC(C(C)(C)C)=C1.C[C](C)=[Zr+2].[Cl-].[Cl-]. The van der Waals surface area contributed by atoms with Crippen LogP contribution >= 0.6 is 0 Å². The van der Waals surface area contributed by atoms with Gasteiger partial charge in [-0.15, -0.1) is 11.6 Å². The van der Waals surface area contributed by atoms with Crippen LogP contribution in [0.15, 0.2) is 48.1 Å². The van der Waals surface area contributed by atoms with Gasteiger partial charge in [-0.1, -0.05) is 110 Å². The molecule has 0 nitrogen and oxygen atoms in total. The molecule has 3 heteroatoms. The molecule has 0 fully saturated rings. The summed E-state index contributed by atoms with van der Waals surface area (Å²) in [5.74, 6) is 0.587. The first kappa shape index (κ1) is 37.9. The van der Waals surface area contributed by atoms with E-state index in [9.17, 15) is 0 Å². The van der Waals surface area contributed by atoms with Crippen molar-refractivity contribution in [3.05, 3.63) is 93.6 Å². The number of halogens is 2. The molecular weight excluding hydrogens is 643 g/mol. The maximum absolute atomic E-state index is 3.65. The fraction of sp³-hybridized carbons (Fsp3) is 0.475. The summed E-state index contributed by atoms with van der Waals surface area (Å²) in [6, 6.07) is 9.81. The van der Waals surface area contributed by atoms with Crippen LogP contribution in [0.25, 0.3) is 22.3 Å². The van der Waals surface area contributed by atoms with Crippen molar-refractivity contribution in [1.82, 2.24) is 0 Å². The Hall–Kier alpha value is -1.27. The van der Waals surface area contributed by atoms with Gasteiger partial charge >= 0.3 is 41.3 Å². The smallest absolute Gasteiger partial charge is 1.00 e. The topological polar surface area (TPSA) is 0 Å². The first-order chi connectivity index (χ1) is 18.9. The van der Waals surface area contributed by atoms with Crippen molar-refractivity contribution < 1.29 is 49.0 Å². The minimum absolute atomic E-state index is 0. The van der Waals surface area contributed by atoms with E-state index in [1.165, 1.54) is 77.3 Å². The van der Waals surface area contributed by atoms with E-state index in [-0.39, 0.29) is 35.6 Å². The van der Waals surface area contributed by atoms with Gasteiger partial charge in [0.1, 0.15) is 0 Å². The normalized spacial score (nSPS) is 19.0. The molecule has 4 aliphatic rings. The van der Waals surface area contributed by atoms with E-state index in [0.717, 1.165) is 6.42 Å². The first-order valence-corrected chi connectivity index (χ1v) is 16.7. The molecule has 230 valence electrons. The second kappa shape index (κ2) is 14.0. The van der Waals surface area contributed by atoms with Crippen LogP contribution in [0.3, 0.4) is 0 Å². The van der Waals surface area contributed by atoms with E-state index in [1.807, 2.05) is 0 Å². The van der Waals surface area contributed by atoms with Crippen LogP contribution in [0.2, 0.25) is 0 Å². The first-order valence-electron chi connectivity index (χ1n) is 15.4. The number of allylic oxidation sites excluding steroid dienone is 8. The summed E-state index contributed by atoms with van der Waals surface area (Å²) in [7, 11) is 0. The molecule has 2 aromatic carbocycles. The molecule has 4 aliphatic carbocycles. The predicted molar refractivity (Wildman–Crippen MR) is 177 cm³/mol. The molecule has 0 saturated carbocycles. The molecule has 0 spiro atoms. The maximum Gasteiger partial charge on any atom is -1.00 e. The van der Waals surface area contributed by atoms with E-state index >= 15 is 0 Å². The second-order valence-corrected chi connectivity index (χ2v) is 17.2. The van der Waals surface area contributed by atoms with Crippen molar-refractivity contribution in [1.29, 1.82) is 0 Å². The van der Waals surface area contributed by atoms with Gasteiger partial charge in [0, 0.05) is 5.41 Å². The second-order valence-electron chi connectivity index (χ2n) is 14.8. The van der Waals surface area contributed by atoms with Crippen LogP contribution in [0.5, 0.6) is 0 Å². The van der Waals surface area contributed by atoms with Crippen LogP contribution in [-0.4, -0.2) is 3.21 Å². The third-order valence-corrected chi connectivity index (χ3v) is 8.73. The van der Waals surface area contributed by atoms with Gasteiger partial charge in [-0.3, -0.25) is 12.2 Å². The van der Waals surface area contributed by atoms with Gasteiger partial charge in [0.25, 0.3) is 0 Å². The summed E-state index contributed by atoms with van der Waals surface area (Å²) in [6.07, 6.45) is 17.6. The predicted octanol–water partition coefficient (Wildman–Crippen LogP) is 4.95. The molecule has 0 radical (unpaired) electrons. The maximum atomic E-state index is 3.65. The van der Waals surface area contributed by atoms with Crippen molar-refractivity contribution >= 4 is 14.4 Å². The zero-order valence-electron chi connectivity index (χ0n) is 28.5. The van der Waals surface area contributed by atoms with E-state index in [1.54, 1.807) is 24.2 Å². The Kier molecular flexibility index (Phi) is 12.4. The van der Waals surface area contributed by atoms with Gasteiger partial charge in [0.05, 0.1) is 0 Å². The summed E-state index contributed by atoms with van der Waals surface area (Å²) < 4.78 is 1.51. The van der Waals surface area contributed by atoms with Crippen molar-refractivity contribution in [2.24, 2.45) is 11.3 Å². The van der Waals surface area contributed by atoms with Crippen LogP contribution in [0.4, 0.5) is 0 Å². The van der Waals surface area contributed by atoms with Crippen molar-refractivity contribution in [3.8, 4) is 11.1 Å². The fourth-order valence-electron chi connectivity index (χ4n) is 6.73. The van der Waals surface area contributed by atoms with Gasteiger partial charge in [0.2, 0.25) is 0 Å². The molecule has 0 bridgehead atoms. The van der Waals surface area contributed by atoms with Gasteiger partial charge < -0.3 is 24.8 Å². The van der Waals surface area contributed by atoms with Gasteiger partial charge in [-0.05, 0) is 58.4 Å². The van der Waals surface area contributed by atoms with Crippen molar-refractivity contribution in [2.75, 3.05) is 0 Å². The summed E-state index contributed by atoms with van der Waals surface area (Å²) in [4.78, 5) is 0. The van der Waals surface area contributed by atoms with Gasteiger partial charge in [0.15, 0.2) is 0 Å². The summed E-state index contributed by atoms with van der Waals surface area (Å²) in [5, 5.41) is 0. The van der Waals surface area contributed by atoms with E-state index in [2.05, 4.69) is 138 Å². The third kappa shape index (κ3) is 8.12. The summed E-state index contributed by atoms with van der Waals surface area (Å²) >= 11 is 1.55. The Labute approximate surface area is 290 Å². The minimum Gasteiger partial charge on any atom is -1.00 e.